The van der Waals surface area contributed by atoms with E-state index in [0.717, 1.165) is 21.3 Å². The summed E-state index contributed by atoms with van der Waals surface area (Å²) < 4.78 is 18.5. The molecule has 0 saturated carbocycles. The Balaban J connectivity index is 3.20. The maximum atomic E-state index is 12.6. The summed E-state index contributed by atoms with van der Waals surface area (Å²) >= 11 is 0. The first kappa shape index (κ1) is 23.6. The summed E-state index contributed by atoms with van der Waals surface area (Å²) in [5.41, 5.74) is 0.187. The summed E-state index contributed by atoms with van der Waals surface area (Å²) in [6.07, 6.45) is 0. The summed E-state index contributed by atoms with van der Waals surface area (Å²) in [5.74, 6) is -6.65. The number of esters is 4. The van der Waals surface area contributed by atoms with Gasteiger partial charge in [0.2, 0.25) is 0 Å². The third-order valence-corrected chi connectivity index (χ3v) is 4.25. The zero-order chi connectivity index (χ0) is 22.1. The van der Waals surface area contributed by atoms with Crippen molar-refractivity contribution in [2.75, 3.05) is 28.4 Å². The smallest absolute Gasteiger partial charge is 0.337 e. The lowest BCUT2D eigenvalue weighted by atomic mass is 9.87. The van der Waals surface area contributed by atoms with E-state index in [1.807, 2.05) is 0 Å². The number of rotatable bonds is 8. The van der Waals surface area contributed by atoms with Gasteiger partial charge in [0, 0.05) is 11.5 Å². The number of benzene rings is 1. The molecule has 158 valence electrons. The summed E-state index contributed by atoms with van der Waals surface area (Å²) in [7, 11) is 4.45. The Morgan fingerprint density at radius 3 is 1.79 bits per heavy atom. The Hall–Kier alpha value is -3.43. The Labute approximate surface area is 167 Å². The molecule has 0 radical (unpaired) electrons. The molecule has 2 atom stereocenters. The molecule has 0 aliphatic heterocycles. The van der Waals surface area contributed by atoms with E-state index in [1.165, 1.54) is 38.3 Å². The van der Waals surface area contributed by atoms with Crippen molar-refractivity contribution in [3.05, 3.63) is 35.4 Å². The maximum Gasteiger partial charge on any atom is 0.337 e. The minimum Gasteiger partial charge on any atom is -0.468 e. The van der Waals surface area contributed by atoms with Crippen molar-refractivity contribution in [3.63, 3.8) is 0 Å². The number of nitrogens with one attached hydrogen (secondary N) is 1. The molecule has 1 N–H and O–H groups in total. The molecule has 1 aromatic carbocycles. The predicted molar refractivity (Wildman–Crippen MR) is 97.7 cm³/mol. The van der Waals surface area contributed by atoms with Gasteiger partial charge < -0.3 is 24.3 Å². The molecule has 10 nitrogen and oxygen atoms in total. The first-order valence-corrected chi connectivity index (χ1v) is 8.44. The standard InChI is InChI=1S/C19H23NO9/c1-10(13(17(23)27-3)18(24)28-4)14(19(25)29-5)20-15(21)11-7-6-8-12(9-11)16(22)26-2/h6-10,13-14H,1-5H3,(H,20,21)/t10-,14+/m1/s1. The van der Waals surface area contributed by atoms with E-state index in [9.17, 15) is 24.0 Å². The van der Waals surface area contributed by atoms with Crippen molar-refractivity contribution in [3.8, 4) is 0 Å². The van der Waals surface area contributed by atoms with Crippen LogP contribution in [-0.4, -0.2) is 64.3 Å². The van der Waals surface area contributed by atoms with Gasteiger partial charge in [-0.05, 0) is 18.2 Å². The number of methoxy groups -OCH3 is 4. The predicted octanol–water partition coefficient (Wildman–Crippen LogP) is 0.343. The van der Waals surface area contributed by atoms with Gasteiger partial charge in [0.15, 0.2) is 5.92 Å². The first-order chi connectivity index (χ1) is 13.7. The van der Waals surface area contributed by atoms with E-state index >= 15 is 0 Å². The van der Waals surface area contributed by atoms with Crippen molar-refractivity contribution in [2.24, 2.45) is 11.8 Å². The lowest BCUT2D eigenvalue weighted by molar-refractivity contribution is -0.163. The van der Waals surface area contributed by atoms with E-state index in [4.69, 9.17) is 4.74 Å². The molecule has 0 spiro atoms. The first-order valence-electron chi connectivity index (χ1n) is 8.44. The number of amides is 1. The molecule has 0 aliphatic carbocycles. The largest absolute Gasteiger partial charge is 0.468 e. The van der Waals surface area contributed by atoms with Crippen molar-refractivity contribution in [2.45, 2.75) is 13.0 Å². The van der Waals surface area contributed by atoms with E-state index in [2.05, 4.69) is 19.5 Å². The number of carbonyl (C=O) groups is 5. The van der Waals surface area contributed by atoms with Crippen LogP contribution in [-0.2, 0) is 33.3 Å². The van der Waals surface area contributed by atoms with Crippen molar-refractivity contribution >= 4 is 29.8 Å². The number of ether oxygens (including phenoxy) is 4. The van der Waals surface area contributed by atoms with Crippen LogP contribution >= 0.6 is 0 Å². The fraction of sp³-hybridized carbons (Fsp3) is 0.421. The summed E-state index contributed by atoms with van der Waals surface area (Å²) in [6.45, 7) is 1.39. The molecular formula is C19H23NO9. The highest BCUT2D eigenvalue weighted by atomic mass is 16.5. The minimum absolute atomic E-state index is 0.0571. The Kier molecular flexibility index (Phi) is 8.78. The van der Waals surface area contributed by atoms with E-state index in [-0.39, 0.29) is 11.1 Å². The van der Waals surface area contributed by atoms with E-state index in [0.29, 0.717) is 0 Å². The molecule has 0 unspecified atom stereocenters. The number of hydrogen-bond donors (Lipinski definition) is 1. The zero-order valence-corrected chi connectivity index (χ0v) is 16.7. The Morgan fingerprint density at radius 2 is 1.31 bits per heavy atom. The highest BCUT2D eigenvalue weighted by molar-refractivity contribution is 6.00. The highest BCUT2D eigenvalue weighted by Crippen LogP contribution is 2.21. The Bertz CT molecular complexity index is 774. The summed E-state index contributed by atoms with van der Waals surface area (Å²) in [5, 5.41) is 2.43. The molecule has 29 heavy (non-hydrogen) atoms. The molecule has 1 aromatic rings. The van der Waals surface area contributed by atoms with Crippen molar-refractivity contribution in [1.29, 1.82) is 0 Å². The van der Waals surface area contributed by atoms with Crippen LogP contribution in [0.5, 0.6) is 0 Å². The molecule has 0 saturated heterocycles. The normalized spacial score (nSPS) is 12.3. The molecule has 0 bridgehead atoms. The third kappa shape index (κ3) is 5.77. The fourth-order valence-corrected chi connectivity index (χ4v) is 2.63. The van der Waals surface area contributed by atoms with Gasteiger partial charge in [-0.2, -0.15) is 0 Å². The minimum atomic E-state index is -1.48. The number of carbonyl (C=O) groups excluding carboxylic acids is 5. The molecule has 1 amide bonds. The van der Waals surface area contributed by atoms with Crippen LogP contribution in [0.4, 0.5) is 0 Å². The highest BCUT2D eigenvalue weighted by Gasteiger charge is 2.42. The third-order valence-electron chi connectivity index (χ3n) is 4.25. The van der Waals surface area contributed by atoms with Crippen LogP contribution in [0.2, 0.25) is 0 Å². The SMILES string of the molecule is COC(=O)c1cccc(C(=O)N[C@H](C(=O)OC)[C@H](C)C(C(=O)OC)C(=O)OC)c1. The van der Waals surface area contributed by atoms with Crippen LogP contribution in [0.15, 0.2) is 24.3 Å². The Morgan fingerprint density at radius 1 is 0.793 bits per heavy atom. The van der Waals surface area contributed by atoms with Gasteiger partial charge in [-0.25, -0.2) is 9.59 Å². The van der Waals surface area contributed by atoms with Crippen LogP contribution in [0.3, 0.4) is 0 Å². The van der Waals surface area contributed by atoms with Gasteiger partial charge >= 0.3 is 23.9 Å². The number of hydrogen-bond acceptors (Lipinski definition) is 9. The lowest BCUT2D eigenvalue weighted by Gasteiger charge is -2.27. The molecule has 10 heteroatoms. The molecule has 0 aromatic heterocycles. The van der Waals surface area contributed by atoms with Gasteiger partial charge in [-0.15, -0.1) is 0 Å². The quantitative estimate of drug-likeness (QED) is 0.366. The topological polar surface area (TPSA) is 134 Å². The van der Waals surface area contributed by atoms with Gasteiger partial charge in [0.25, 0.3) is 5.91 Å². The van der Waals surface area contributed by atoms with Crippen LogP contribution in [0.1, 0.15) is 27.6 Å². The second-order valence-electron chi connectivity index (χ2n) is 5.93. The van der Waals surface area contributed by atoms with Crippen LogP contribution < -0.4 is 5.32 Å². The lowest BCUT2D eigenvalue weighted by Crippen LogP contribution is -2.51. The van der Waals surface area contributed by atoms with Crippen LogP contribution in [0, 0.1) is 11.8 Å². The second kappa shape index (κ2) is 10.8. The molecule has 0 fully saturated rings. The molecule has 1 rings (SSSR count). The van der Waals surface area contributed by atoms with Gasteiger partial charge in [-0.3, -0.25) is 14.4 Å². The zero-order valence-electron chi connectivity index (χ0n) is 16.7. The summed E-state index contributed by atoms with van der Waals surface area (Å²) in [6, 6.07) is 4.23. The average molecular weight is 409 g/mol. The average Bonchev–Trinajstić information content (AvgIpc) is 2.75. The van der Waals surface area contributed by atoms with E-state index < -0.39 is 47.7 Å². The van der Waals surface area contributed by atoms with Gasteiger partial charge in [0.05, 0.1) is 34.0 Å². The van der Waals surface area contributed by atoms with Crippen molar-refractivity contribution < 1.29 is 42.9 Å². The molecule has 0 aliphatic rings. The van der Waals surface area contributed by atoms with Crippen LogP contribution in [0.25, 0.3) is 0 Å². The van der Waals surface area contributed by atoms with Crippen molar-refractivity contribution in [1.82, 2.24) is 5.32 Å². The summed E-state index contributed by atoms with van der Waals surface area (Å²) in [4.78, 5) is 60.6. The molecule has 0 heterocycles. The maximum absolute atomic E-state index is 12.6. The van der Waals surface area contributed by atoms with Gasteiger partial charge in [-0.1, -0.05) is 13.0 Å². The second-order valence-corrected chi connectivity index (χ2v) is 5.93. The monoisotopic (exact) mass is 409 g/mol. The molecular weight excluding hydrogens is 386 g/mol. The van der Waals surface area contributed by atoms with E-state index in [1.54, 1.807) is 0 Å². The fourth-order valence-electron chi connectivity index (χ4n) is 2.63. The van der Waals surface area contributed by atoms with Gasteiger partial charge in [0.1, 0.15) is 6.04 Å².